The van der Waals surface area contributed by atoms with Gasteiger partial charge in [-0.05, 0) is 23.6 Å². The molecule has 1 aromatic carbocycles. The van der Waals surface area contributed by atoms with E-state index in [1.165, 1.54) is 0 Å². The van der Waals surface area contributed by atoms with E-state index in [1.54, 1.807) is 18.4 Å². The summed E-state index contributed by atoms with van der Waals surface area (Å²) in [5, 5.41) is 7.44. The van der Waals surface area contributed by atoms with Crippen molar-refractivity contribution in [3.63, 3.8) is 0 Å². The Balaban J connectivity index is 2.26. The van der Waals surface area contributed by atoms with Crippen LogP contribution in [0.2, 0.25) is 5.02 Å². The monoisotopic (exact) mass is 324 g/mol. The molecule has 3 nitrogen and oxygen atoms in total. The van der Waals surface area contributed by atoms with Gasteiger partial charge < -0.3 is 10.1 Å². The van der Waals surface area contributed by atoms with E-state index in [1.807, 2.05) is 18.2 Å². The smallest absolute Gasteiger partial charge is 0.114 e. The summed E-state index contributed by atoms with van der Waals surface area (Å²) in [5.74, 6) is 0.439. The van der Waals surface area contributed by atoms with E-state index in [9.17, 15) is 0 Å². The summed E-state index contributed by atoms with van der Waals surface area (Å²) < 4.78 is 5.13. The van der Waals surface area contributed by atoms with Gasteiger partial charge in [0, 0.05) is 24.1 Å². The molecular weight excluding hydrogens is 304 g/mol. The number of halogens is 1. The van der Waals surface area contributed by atoms with Crippen LogP contribution in [0.15, 0.2) is 29.6 Å². The predicted octanol–water partition coefficient (Wildman–Crippen LogP) is 4.25. The summed E-state index contributed by atoms with van der Waals surface area (Å²) in [4.78, 5) is 4.77. The highest BCUT2D eigenvalue weighted by Crippen LogP contribution is 2.28. The number of nitrogens with zero attached hydrogens (tertiary/aromatic N) is 1. The minimum Gasteiger partial charge on any atom is -0.383 e. The van der Waals surface area contributed by atoms with Crippen molar-refractivity contribution >= 4 is 22.9 Å². The third kappa shape index (κ3) is 4.51. The first kappa shape index (κ1) is 16.4. The van der Waals surface area contributed by atoms with Crippen LogP contribution in [-0.2, 0) is 4.74 Å². The van der Waals surface area contributed by atoms with Crippen molar-refractivity contribution in [2.24, 2.45) is 0 Å². The SMILES string of the molecule is COCCNC(c1cccc(Cl)c1)c1nc(C(C)C)cs1. The van der Waals surface area contributed by atoms with Crippen LogP contribution in [0, 0.1) is 0 Å². The maximum Gasteiger partial charge on any atom is 0.114 e. The maximum atomic E-state index is 6.12. The second kappa shape index (κ2) is 7.90. The van der Waals surface area contributed by atoms with E-state index in [0.29, 0.717) is 12.5 Å². The van der Waals surface area contributed by atoms with Gasteiger partial charge in [0.25, 0.3) is 0 Å². The van der Waals surface area contributed by atoms with Crippen LogP contribution in [0.4, 0.5) is 0 Å². The first-order chi connectivity index (χ1) is 10.1. The van der Waals surface area contributed by atoms with Crippen molar-refractivity contribution in [2.45, 2.75) is 25.8 Å². The molecule has 1 atom stereocenters. The van der Waals surface area contributed by atoms with E-state index >= 15 is 0 Å². The first-order valence-corrected chi connectivity index (χ1v) is 8.30. The molecule has 1 N–H and O–H groups in total. The molecule has 0 aliphatic heterocycles. The number of hydrogen-bond acceptors (Lipinski definition) is 4. The molecule has 1 aromatic heterocycles. The molecule has 1 heterocycles. The highest BCUT2D eigenvalue weighted by atomic mass is 35.5. The number of thiazole rings is 1. The average Bonchev–Trinajstić information content (AvgIpc) is 2.93. The number of rotatable bonds is 7. The Morgan fingerprint density at radius 3 is 2.81 bits per heavy atom. The normalized spacial score (nSPS) is 12.8. The quantitative estimate of drug-likeness (QED) is 0.773. The molecule has 0 bridgehead atoms. The van der Waals surface area contributed by atoms with Gasteiger partial charge in [-0.15, -0.1) is 11.3 Å². The number of nitrogens with one attached hydrogen (secondary N) is 1. The van der Waals surface area contributed by atoms with E-state index < -0.39 is 0 Å². The van der Waals surface area contributed by atoms with Gasteiger partial charge in [0.05, 0.1) is 18.3 Å². The third-order valence-electron chi connectivity index (χ3n) is 3.21. The van der Waals surface area contributed by atoms with Crippen molar-refractivity contribution in [3.8, 4) is 0 Å². The lowest BCUT2D eigenvalue weighted by molar-refractivity contribution is 0.197. The van der Waals surface area contributed by atoms with Crippen LogP contribution in [-0.4, -0.2) is 25.2 Å². The van der Waals surface area contributed by atoms with Gasteiger partial charge in [-0.25, -0.2) is 4.98 Å². The summed E-state index contributed by atoms with van der Waals surface area (Å²) in [7, 11) is 1.70. The van der Waals surface area contributed by atoms with Crippen molar-refractivity contribution in [1.29, 1.82) is 0 Å². The Morgan fingerprint density at radius 2 is 2.19 bits per heavy atom. The highest BCUT2D eigenvalue weighted by Gasteiger charge is 2.18. The molecule has 0 saturated heterocycles. The molecule has 114 valence electrons. The highest BCUT2D eigenvalue weighted by molar-refractivity contribution is 7.09. The van der Waals surface area contributed by atoms with Crippen LogP contribution in [0.25, 0.3) is 0 Å². The Labute approximate surface area is 135 Å². The van der Waals surface area contributed by atoms with Crippen LogP contribution in [0.1, 0.15) is 42.1 Å². The molecule has 0 radical (unpaired) electrons. The molecular formula is C16H21ClN2OS. The van der Waals surface area contributed by atoms with Gasteiger partial charge in [0.1, 0.15) is 5.01 Å². The number of benzene rings is 1. The molecule has 0 amide bonds. The van der Waals surface area contributed by atoms with Gasteiger partial charge in [0.15, 0.2) is 0 Å². The molecule has 0 spiro atoms. The Kier molecular flexibility index (Phi) is 6.18. The second-order valence-electron chi connectivity index (χ2n) is 5.20. The molecule has 0 saturated carbocycles. The van der Waals surface area contributed by atoms with Gasteiger partial charge in [0.2, 0.25) is 0 Å². The number of aromatic nitrogens is 1. The average molecular weight is 325 g/mol. The molecule has 0 aliphatic rings. The van der Waals surface area contributed by atoms with Crippen molar-refractivity contribution < 1.29 is 4.74 Å². The van der Waals surface area contributed by atoms with E-state index in [4.69, 9.17) is 21.3 Å². The van der Waals surface area contributed by atoms with Crippen molar-refractivity contribution in [3.05, 3.63) is 50.9 Å². The van der Waals surface area contributed by atoms with Gasteiger partial charge >= 0.3 is 0 Å². The summed E-state index contributed by atoms with van der Waals surface area (Å²) in [5.41, 5.74) is 2.26. The van der Waals surface area contributed by atoms with Crippen molar-refractivity contribution in [2.75, 3.05) is 20.3 Å². The van der Waals surface area contributed by atoms with E-state index in [0.717, 1.165) is 27.8 Å². The largest absolute Gasteiger partial charge is 0.383 e. The lowest BCUT2D eigenvalue weighted by Gasteiger charge is -2.17. The maximum absolute atomic E-state index is 6.12. The van der Waals surface area contributed by atoms with Crippen LogP contribution in [0.5, 0.6) is 0 Å². The van der Waals surface area contributed by atoms with Crippen LogP contribution < -0.4 is 5.32 Å². The van der Waals surface area contributed by atoms with Gasteiger partial charge in [-0.3, -0.25) is 0 Å². The minimum atomic E-state index is 0.0522. The second-order valence-corrected chi connectivity index (χ2v) is 6.53. The molecule has 2 rings (SSSR count). The topological polar surface area (TPSA) is 34.1 Å². The fourth-order valence-corrected chi connectivity index (χ4v) is 3.32. The zero-order valence-electron chi connectivity index (χ0n) is 12.6. The molecule has 5 heteroatoms. The fraction of sp³-hybridized carbons (Fsp3) is 0.438. The molecule has 21 heavy (non-hydrogen) atoms. The predicted molar refractivity (Wildman–Crippen MR) is 89.4 cm³/mol. The standard InChI is InChI=1S/C16H21ClN2OS/c1-11(2)14-10-21-16(19-14)15(18-7-8-20-3)12-5-4-6-13(17)9-12/h4-6,9-11,15,18H,7-8H2,1-3H3. The van der Waals surface area contributed by atoms with Crippen LogP contribution in [0.3, 0.4) is 0 Å². The number of methoxy groups -OCH3 is 1. The first-order valence-electron chi connectivity index (χ1n) is 7.05. The van der Waals surface area contributed by atoms with E-state index in [-0.39, 0.29) is 6.04 Å². The fourth-order valence-electron chi connectivity index (χ4n) is 2.04. The number of hydrogen-bond donors (Lipinski definition) is 1. The molecule has 0 fully saturated rings. The zero-order valence-corrected chi connectivity index (χ0v) is 14.2. The minimum absolute atomic E-state index is 0.0522. The van der Waals surface area contributed by atoms with E-state index in [2.05, 4.69) is 30.6 Å². The Hall–Kier alpha value is -0.940. The Bertz CT molecular complexity index is 571. The molecule has 1 unspecified atom stereocenters. The Morgan fingerprint density at radius 1 is 1.38 bits per heavy atom. The lowest BCUT2D eigenvalue weighted by atomic mass is 10.1. The summed E-state index contributed by atoms with van der Waals surface area (Å²) in [6.07, 6.45) is 0. The lowest BCUT2D eigenvalue weighted by Crippen LogP contribution is -2.26. The zero-order chi connectivity index (χ0) is 15.2. The number of ether oxygens (including phenoxy) is 1. The molecule has 2 aromatic rings. The van der Waals surface area contributed by atoms with Gasteiger partial charge in [-0.2, -0.15) is 0 Å². The molecule has 0 aliphatic carbocycles. The summed E-state index contributed by atoms with van der Waals surface area (Å²) >= 11 is 7.81. The summed E-state index contributed by atoms with van der Waals surface area (Å²) in [6, 6.07) is 7.98. The third-order valence-corrected chi connectivity index (χ3v) is 4.38. The summed E-state index contributed by atoms with van der Waals surface area (Å²) in [6.45, 7) is 5.75. The van der Waals surface area contributed by atoms with Crippen LogP contribution >= 0.6 is 22.9 Å². The van der Waals surface area contributed by atoms with Crippen molar-refractivity contribution in [1.82, 2.24) is 10.3 Å². The van der Waals surface area contributed by atoms with Gasteiger partial charge in [-0.1, -0.05) is 37.6 Å².